The van der Waals surface area contributed by atoms with Crippen molar-refractivity contribution in [2.45, 2.75) is 13.3 Å². The topological polar surface area (TPSA) is 125 Å². The van der Waals surface area contributed by atoms with Crippen molar-refractivity contribution in [1.29, 1.82) is 0 Å². The first kappa shape index (κ1) is 23.9. The molecule has 3 aromatic heterocycles. The van der Waals surface area contributed by atoms with E-state index < -0.39 is 17.5 Å². The molecule has 0 spiro atoms. The van der Waals surface area contributed by atoms with Crippen molar-refractivity contribution < 1.29 is 18.4 Å². The van der Waals surface area contributed by atoms with Crippen LogP contribution >= 0.6 is 0 Å². The number of piperazine rings is 1. The Balaban J connectivity index is 1.31. The van der Waals surface area contributed by atoms with Crippen LogP contribution in [0.4, 0.5) is 26.0 Å². The molecule has 0 aromatic carbocycles. The van der Waals surface area contributed by atoms with Crippen LogP contribution in [-0.2, 0) is 4.79 Å². The van der Waals surface area contributed by atoms with E-state index in [9.17, 15) is 18.4 Å². The summed E-state index contributed by atoms with van der Waals surface area (Å²) in [6, 6.07) is 0. The zero-order valence-electron chi connectivity index (χ0n) is 19.8. The number of nitrogen functional groups attached to an aromatic ring is 1. The van der Waals surface area contributed by atoms with Gasteiger partial charge in [-0.2, -0.15) is 0 Å². The molecule has 2 fully saturated rings. The number of fused-ring (bicyclic) bond motifs is 1. The summed E-state index contributed by atoms with van der Waals surface area (Å²) in [5, 5.41) is 6.58. The molecule has 2 saturated heterocycles. The Hall–Kier alpha value is -3.87. The van der Waals surface area contributed by atoms with E-state index in [1.165, 1.54) is 6.20 Å². The molecule has 0 saturated carbocycles. The van der Waals surface area contributed by atoms with Crippen LogP contribution < -0.4 is 16.0 Å². The van der Waals surface area contributed by atoms with Crippen molar-refractivity contribution in [2.75, 3.05) is 61.8 Å². The van der Waals surface area contributed by atoms with Gasteiger partial charge < -0.3 is 25.8 Å². The number of pyridine rings is 1. The number of carbonyl (C=O) groups is 2. The number of anilines is 3. The van der Waals surface area contributed by atoms with E-state index in [0.717, 1.165) is 49.2 Å². The van der Waals surface area contributed by atoms with E-state index in [1.54, 1.807) is 4.90 Å². The molecule has 3 aromatic rings. The molecular formula is C23H27F2N9O2. The third kappa shape index (κ3) is 4.41. The molecular weight excluding hydrogens is 472 g/mol. The third-order valence-corrected chi connectivity index (χ3v) is 6.79. The summed E-state index contributed by atoms with van der Waals surface area (Å²) in [6.45, 7) is 6.44. The molecule has 2 aliphatic heterocycles. The lowest BCUT2D eigenvalue weighted by Crippen LogP contribution is -2.51. The number of nitrogens with two attached hydrogens (primary N) is 1. The molecule has 190 valence electrons. The smallest absolute Gasteiger partial charge is 0.263 e. The highest BCUT2D eigenvalue weighted by atomic mass is 19.1. The van der Waals surface area contributed by atoms with Crippen LogP contribution in [0.3, 0.4) is 0 Å². The van der Waals surface area contributed by atoms with Crippen molar-refractivity contribution in [1.82, 2.24) is 29.4 Å². The number of hydrogen-bond donors (Lipinski definition) is 2. The Morgan fingerprint density at radius 3 is 2.64 bits per heavy atom. The molecule has 2 aliphatic rings. The number of nitrogens with one attached hydrogen (secondary N) is 1. The molecule has 11 nitrogen and oxygen atoms in total. The Bertz CT molecular complexity index is 1310. The van der Waals surface area contributed by atoms with Crippen LogP contribution in [0, 0.1) is 17.6 Å². The zero-order valence-corrected chi connectivity index (χ0v) is 19.8. The van der Waals surface area contributed by atoms with Crippen molar-refractivity contribution in [3.05, 3.63) is 42.0 Å². The van der Waals surface area contributed by atoms with Gasteiger partial charge in [-0.05, 0) is 19.5 Å². The molecule has 1 unspecified atom stereocenters. The first-order valence-corrected chi connectivity index (χ1v) is 11.9. The average Bonchev–Trinajstić information content (AvgIpc) is 3.47. The van der Waals surface area contributed by atoms with Gasteiger partial charge in [-0.3, -0.25) is 14.6 Å². The predicted molar refractivity (Wildman–Crippen MR) is 129 cm³/mol. The fraction of sp³-hybridized carbons (Fsp3) is 0.435. The number of hydrogen-bond acceptors (Lipinski definition) is 8. The van der Waals surface area contributed by atoms with E-state index in [-0.39, 0.29) is 40.2 Å². The van der Waals surface area contributed by atoms with Gasteiger partial charge in [0.15, 0.2) is 23.1 Å². The van der Waals surface area contributed by atoms with E-state index in [0.29, 0.717) is 26.2 Å². The summed E-state index contributed by atoms with van der Waals surface area (Å²) in [7, 11) is 0. The van der Waals surface area contributed by atoms with Gasteiger partial charge in [-0.25, -0.2) is 18.3 Å². The molecule has 13 heteroatoms. The van der Waals surface area contributed by atoms with Gasteiger partial charge in [0.05, 0.1) is 36.4 Å². The maximum absolute atomic E-state index is 15.0. The van der Waals surface area contributed by atoms with E-state index in [1.807, 2.05) is 4.90 Å². The summed E-state index contributed by atoms with van der Waals surface area (Å²) in [4.78, 5) is 39.7. The molecule has 0 bridgehead atoms. The predicted octanol–water partition coefficient (Wildman–Crippen LogP) is 1.23. The number of rotatable bonds is 5. The minimum Gasteiger partial charge on any atom is -0.381 e. The van der Waals surface area contributed by atoms with E-state index in [4.69, 9.17) is 5.73 Å². The quantitative estimate of drug-likeness (QED) is 0.537. The Kier molecular flexibility index (Phi) is 6.39. The largest absolute Gasteiger partial charge is 0.381 e. The summed E-state index contributed by atoms with van der Waals surface area (Å²) < 4.78 is 29.5. The van der Waals surface area contributed by atoms with Gasteiger partial charge in [0, 0.05) is 32.7 Å². The maximum atomic E-state index is 15.0. The van der Waals surface area contributed by atoms with Crippen molar-refractivity contribution in [2.24, 2.45) is 5.92 Å². The highest BCUT2D eigenvalue weighted by molar-refractivity contribution is 6.12. The van der Waals surface area contributed by atoms with Crippen LogP contribution in [0.1, 0.15) is 23.7 Å². The minimum absolute atomic E-state index is 0.00222. The second-order valence-corrected chi connectivity index (χ2v) is 8.96. The molecule has 0 radical (unpaired) electrons. The van der Waals surface area contributed by atoms with E-state index >= 15 is 0 Å². The minimum atomic E-state index is -0.675. The number of halogens is 2. The molecule has 3 N–H and O–H groups in total. The molecule has 0 aliphatic carbocycles. The van der Waals surface area contributed by atoms with Crippen LogP contribution in [0.15, 0.2) is 24.8 Å². The maximum Gasteiger partial charge on any atom is 0.263 e. The zero-order chi connectivity index (χ0) is 25.4. The number of aromatic nitrogens is 4. The normalized spacial score (nSPS) is 18.7. The number of carbonyl (C=O) groups excluding carboxylic acids is 2. The summed E-state index contributed by atoms with van der Waals surface area (Å²) in [5.74, 6) is -1.91. The third-order valence-electron chi connectivity index (χ3n) is 6.79. The Morgan fingerprint density at radius 2 is 1.92 bits per heavy atom. The van der Waals surface area contributed by atoms with Gasteiger partial charge >= 0.3 is 0 Å². The van der Waals surface area contributed by atoms with Gasteiger partial charge in [-0.15, -0.1) is 5.10 Å². The lowest BCUT2D eigenvalue weighted by atomic mass is 10.1. The van der Waals surface area contributed by atoms with Gasteiger partial charge in [-0.1, -0.05) is 6.92 Å². The Labute approximate surface area is 205 Å². The van der Waals surface area contributed by atoms with E-state index in [2.05, 4.69) is 32.2 Å². The highest BCUT2D eigenvalue weighted by Gasteiger charge is 2.33. The molecule has 5 heterocycles. The fourth-order valence-electron chi connectivity index (χ4n) is 4.90. The van der Waals surface area contributed by atoms with Crippen LogP contribution in [0.2, 0.25) is 0 Å². The van der Waals surface area contributed by atoms with Gasteiger partial charge in [0.1, 0.15) is 11.3 Å². The fourth-order valence-corrected chi connectivity index (χ4v) is 4.90. The van der Waals surface area contributed by atoms with Crippen LogP contribution in [0.5, 0.6) is 0 Å². The lowest BCUT2D eigenvalue weighted by Gasteiger charge is -2.37. The molecule has 36 heavy (non-hydrogen) atoms. The summed E-state index contributed by atoms with van der Waals surface area (Å²) in [6.07, 6.45) is 5.29. The van der Waals surface area contributed by atoms with Gasteiger partial charge in [0.2, 0.25) is 5.91 Å². The molecule has 5 rings (SSSR count). The first-order valence-electron chi connectivity index (χ1n) is 11.9. The van der Waals surface area contributed by atoms with Crippen LogP contribution in [-0.4, -0.2) is 87.0 Å². The van der Waals surface area contributed by atoms with Crippen molar-refractivity contribution in [3.8, 4) is 0 Å². The molecule has 1 atom stereocenters. The van der Waals surface area contributed by atoms with Gasteiger partial charge in [0.25, 0.3) is 5.91 Å². The number of amides is 2. The lowest BCUT2D eigenvalue weighted by molar-refractivity contribution is -0.135. The monoisotopic (exact) mass is 499 g/mol. The van der Waals surface area contributed by atoms with Crippen molar-refractivity contribution >= 4 is 34.7 Å². The highest BCUT2D eigenvalue weighted by Crippen LogP contribution is 2.31. The first-order chi connectivity index (χ1) is 17.4. The number of nitrogens with zero attached hydrogens (tertiary/aromatic N) is 7. The SMILES string of the molecule is CCN1CCC(C(=O)N2CCN(c3c(F)cncc3NC(=O)c3c(N)nn4cc(F)cnc34)CC2)C1. The Morgan fingerprint density at radius 1 is 1.14 bits per heavy atom. The van der Waals surface area contributed by atoms with Crippen LogP contribution in [0.25, 0.3) is 5.65 Å². The standard InChI is InChI=1S/C23H27F2N9O2/c1-2-31-4-3-14(12-31)23(36)33-7-5-32(6-8-33)19-16(25)10-27-11-17(19)29-22(35)18-20(26)30-34-13-15(24)9-28-21(18)34/h9-11,13-14H,2-8,12H2,1H3,(H2,26,30)(H,29,35). The second-order valence-electron chi connectivity index (χ2n) is 8.96. The van der Waals surface area contributed by atoms with Crippen molar-refractivity contribution in [3.63, 3.8) is 0 Å². The summed E-state index contributed by atoms with van der Waals surface area (Å²) >= 11 is 0. The average molecular weight is 500 g/mol. The summed E-state index contributed by atoms with van der Waals surface area (Å²) in [5.41, 5.74) is 6.22. The second kappa shape index (κ2) is 9.64. The number of likely N-dealkylation sites (tertiary alicyclic amines) is 1. The molecule has 2 amide bonds.